The number of thioether (sulfide) groups is 1. The molecule has 0 aliphatic heterocycles. The summed E-state index contributed by atoms with van der Waals surface area (Å²) in [5, 5.41) is 14.1. The van der Waals surface area contributed by atoms with Gasteiger partial charge in [0.15, 0.2) is 0 Å². The Morgan fingerprint density at radius 3 is 2.22 bits per heavy atom. The first-order valence-electron chi connectivity index (χ1n) is 11.0. The molecule has 0 atom stereocenters. The number of benzene rings is 3. The fourth-order valence-electron chi connectivity index (χ4n) is 3.58. The number of rotatable bonds is 7. The average molecular weight is 569 g/mol. The number of ether oxygens (including phenoxy) is 1. The highest BCUT2D eigenvalue weighted by atomic mass is 35.5. The summed E-state index contributed by atoms with van der Waals surface area (Å²) in [5.74, 6) is 0.338. The van der Waals surface area contributed by atoms with Crippen LogP contribution in [0.1, 0.15) is 11.1 Å². The number of hydrogen-bond acceptors (Lipinski definition) is 5. The number of hydrogen-bond donors (Lipinski definition) is 1. The fourth-order valence-corrected chi connectivity index (χ4v) is 5.29. The molecular formula is C28H20Cl3N3O2S. The lowest BCUT2D eigenvalue weighted by molar-refractivity contribution is -0.113. The molecule has 9 heteroatoms. The van der Waals surface area contributed by atoms with E-state index in [-0.39, 0.29) is 27.4 Å². The number of pyridine rings is 1. The molecule has 0 radical (unpaired) electrons. The van der Waals surface area contributed by atoms with Gasteiger partial charge in [-0.2, -0.15) is 5.26 Å². The van der Waals surface area contributed by atoms with E-state index in [0.717, 1.165) is 28.5 Å². The van der Waals surface area contributed by atoms with Crippen LogP contribution in [0, 0.1) is 18.3 Å². The molecule has 0 unspecified atom stereocenters. The number of carbonyl (C=O) groups excluding carboxylic acids is 1. The third-order valence-corrected chi connectivity index (χ3v) is 7.25. The van der Waals surface area contributed by atoms with Crippen LogP contribution >= 0.6 is 46.6 Å². The lowest BCUT2D eigenvalue weighted by Gasteiger charge is -2.14. The Morgan fingerprint density at radius 2 is 1.62 bits per heavy atom. The molecule has 4 aromatic rings. The number of aryl methyl sites for hydroxylation is 1. The zero-order chi connectivity index (χ0) is 26.5. The summed E-state index contributed by atoms with van der Waals surface area (Å²) in [7, 11) is 1.60. The van der Waals surface area contributed by atoms with Crippen LogP contribution in [0.4, 0.5) is 5.69 Å². The summed E-state index contributed by atoms with van der Waals surface area (Å²) in [6.07, 6.45) is 0. The van der Waals surface area contributed by atoms with E-state index in [2.05, 4.69) is 11.4 Å². The predicted molar refractivity (Wildman–Crippen MR) is 152 cm³/mol. The van der Waals surface area contributed by atoms with Gasteiger partial charge in [-0.15, -0.1) is 0 Å². The number of nitriles is 1. The van der Waals surface area contributed by atoms with E-state index >= 15 is 0 Å². The van der Waals surface area contributed by atoms with Gasteiger partial charge in [-0.05, 0) is 42.8 Å². The second kappa shape index (κ2) is 11.9. The number of carbonyl (C=O) groups is 1. The van der Waals surface area contributed by atoms with E-state index in [0.29, 0.717) is 32.6 Å². The molecule has 0 saturated carbocycles. The number of halogens is 3. The van der Waals surface area contributed by atoms with Gasteiger partial charge in [0.2, 0.25) is 5.91 Å². The Kier molecular flexibility index (Phi) is 8.63. The van der Waals surface area contributed by atoms with Crippen LogP contribution in [0.25, 0.3) is 22.4 Å². The summed E-state index contributed by atoms with van der Waals surface area (Å²) in [6, 6.07) is 22.6. The molecule has 0 fully saturated rings. The number of aromatic nitrogens is 1. The normalized spacial score (nSPS) is 10.6. The largest absolute Gasteiger partial charge is 0.497 e. The molecule has 186 valence electrons. The lowest BCUT2D eigenvalue weighted by atomic mass is 9.99. The molecule has 1 N–H and O–H groups in total. The molecule has 1 amide bonds. The second-order valence-electron chi connectivity index (χ2n) is 8.02. The highest BCUT2D eigenvalue weighted by molar-refractivity contribution is 8.00. The lowest BCUT2D eigenvalue weighted by Crippen LogP contribution is -2.15. The van der Waals surface area contributed by atoms with Crippen LogP contribution in [0.15, 0.2) is 71.8 Å². The summed E-state index contributed by atoms with van der Waals surface area (Å²) in [6.45, 7) is 2.01. The van der Waals surface area contributed by atoms with Crippen LogP contribution in [0.2, 0.25) is 15.1 Å². The molecule has 0 bridgehead atoms. The fraction of sp³-hybridized carbons (Fsp3) is 0.107. The van der Waals surface area contributed by atoms with Crippen molar-refractivity contribution in [1.29, 1.82) is 5.26 Å². The second-order valence-corrected chi connectivity index (χ2v) is 10.2. The molecule has 5 nitrogen and oxygen atoms in total. The van der Waals surface area contributed by atoms with Crippen molar-refractivity contribution in [1.82, 2.24) is 4.98 Å². The van der Waals surface area contributed by atoms with E-state index in [9.17, 15) is 10.1 Å². The van der Waals surface area contributed by atoms with E-state index < -0.39 is 0 Å². The smallest absolute Gasteiger partial charge is 0.234 e. The van der Waals surface area contributed by atoms with Gasteiger partial charge < -0.3 is 10.1 Å². The van der Waals surface area contributed by atoms with Crippen LogP contribution in [-0.4, -0.2) is 23.8 Å². The molecular weight excluding hydrogens is 549 g/mol. The number of methoxy groups -OCH3 is 1. The van der Waals surface area contributed by atoms with Gasteiger partial charge >= 0.3 is 0 Å². The first-order valence-corrected chi connectivity index (χ1v) is 13.1. The van der Waals surface area contributed by atoms with Gasteiger partial charge in [0.25, 0.3) is 0 Å². The summed E-state index contributed by atoms with van der Waals surface area (Å²) in [5.41, 5.74) is 4.91. The van der Waals surface area contributed by atoms with Crippen LogP contribution in [0.3, 0.4) is 0 Å². The highest BCUT2D eigenvalue weighted by Crippen LogP contribution is 2.36. The third kappa shape index (κ3) is 6.38. The molecule has 1 aromatic heterocycles. The SMILES string of the molecule is COc1ccc(-c2cc(-c3ccc(C)cc3)nc(SCC(=O)Nc3c(Cl)cc(Cl)cc3Cl)c2C#N)cc1. The van der Waals surface area contributed by atoms with Gasteiger partial charge in [0, 0.05) is 16.1 Å². The molecule has 0 saturated heterocycles. The minimum Gasteiger partial charge on any atom is -0.497 e. The van der Waals surface area contributed by atoms with E-state index in [1.165, 1.54) is 12.1 Å². The minimum atomic E-state index is -0.353. The standard InChI is InChI=1S/C28H20Cl3N3O2S/c1-16-3-5-18(6-4-16)25-13-21(17-7-9-20(36-2)10-8-17)22(14-32)28(33-25)37-15-26(35)34-27-23(30)11-19(29)12-24(27)31/h3-13H,15H2,1-2H3,(H,34,35). The first-order chi connectivity index (χ1) is 17.8. The van der Waals surface area contributed by atoms with Crippen molar-refractivity contribution in [2.75, 3.05) is 18.2 Å². The van der Waals surface area contributed by atoms with Gasteiger partial charge in [0.05, 0.1) is 39.9 Å². The van der Waals surface area contributed by atoms with Crippen LogP contribution in [-0.2, 0) is 4.79 Å². The molecule has 3 aromatic carbocycles. The maximum absolute atomic E-state index is 12.8. The maximum Gasteiger partial charge on any atom is 0.234 e. The van der Waals surface area contributed by atoms with E-state index in [1.54, 1.807) is 7.11 Å². The highest BCUT2D eigenvalue weighted by Gasteiger charge is 2.18. The summed E-state index contributed by atoms with van der Waals surface area (Å²) >= 11 is 19.5. The molecule has 1 heterocycles. The summed E-state index contributed by atoms with van der Waals surface area (Å²) in [4.78, 5) is 17.5. The molecule has 0 aliphatic carbocycles. The zero-order valence-corrected chi connectivity index (χ0v) is 22.9. The van der Waals surface area contributed by atoms with Crippen molar-refractivity contribution in [2.45, 2.75) is 11.9 Å². The predicted octanol–water partition coefficient (Wildman–Crippen LogP) is 8.30. The van der Waals surface area contributed by atoms with Crippen molar-refractivity contribution in [3.05, 3.63) is 92.9 Å². The van der Waals surface area contributed by atoms with Crippen LogP contribution in [0.5, 0.6) is 5.75 Å². The minimum absolute atomic E-state index is 0.0175. The van der Waals surface area contributed by atoms with Gasteiger partial charge in [-0.25, -0.2) is 4.98 Å². The Hall–Kier alpha value is -3.21. The van der Waals surface area contributed by atoms with Crippen molar-refractivity contribution < 1.29 is 9.53 Å². The molecule has 0 aliphatic rings. The van der Waals surface area contributed by atoms with Crippen molar-refractivity contribution in [3.8, 4) is 34.2 Å². The quantitative estimate of drug-likeness (QED) is 0.227. The van der Waals surface area contributed by atoms with Gasteiger partial charge in [0.1, 0.15) is 16.8 Å². The van der Waals surface area contributed by atoms with E-state index in [1.807, 2.05) is 61.5 Å². The monoisotopic (exact) mass is 567 g/mol. The third-order valence-electron chi connectivity index (χ3n) is 5.46. The van der Waals surface area contributed by atoms with E-state index in [4.69, 9.17) is 44.5 Å². The maximum atomic E-state index is 12.8. The Morgan fingerprint density at radius 1 is 1.00 bits per heavy atom. The van der Waals surface area contributed by atoms with Gasteiger partial charge in [-0.3, -0.25) is 4.79 Å². The van der Waals surface area contributed by atoms with Crippen LogP contribution < -0.4 is 10.1 Å². The summed E-state index contributed by atoms with van der Waals surface area (Å²) < 4.78 is 5.27. The Labute approximate surface area is 234 Å². The number of nitrogens with one attached hydrogen (secondary N) is 1. The number of nitrogens with zero attached hydrogens (tertiary/aromatic N) is 2. The van der Waals surface area contributed by atoms with Gasteiger partial charge in [-0.1, -0.05) is 88.5 Å². The molecule has 0 spiro atoms. The number of amides is 1. The first kappa shape index (κ1) is 26.8. The topological polar surface area (TPSA) is 75.0 Å². The van der Waals surface area contributed by atoms with Crippen molar-refractivity contribution in [2.24, 2.45) is 0 Å². The average Bonchev–Trinajstić information content (AvgIpc) is 2.89. The number of anilines is 1. The molecule has 4 rings (SSSR count). The van der Waals surface area contributed by atoms with Crippen molar-refractivity contribution >= 4 is 58.2 Å². The Balaban J connectivity index is 1.70. The molecule has 37 heavy (non-hydrogen) atoms. The zero-order valence-electron chi connectivity index (χ0n) is 19.8. The van der Waals surface area contributed by atoms with Crippen molar-refractivity contribution in [3.63, 3.8) is 0 Å². The Bertz CT molecular complexity index is 1480.